The van der Waals surface area contributed by atoms with E-state index < -0.39 is 0 Å². The molecule has 0 radical (unpaired) electrons. The number of aromatic nitrogens is 1. The van der Waals surface area contributed by atoms with Gasteiger partial charge in [-0.2, -0.15) is 0 Å². The first-order chi connectivity index (χ1) is 8.70. The van der Waals surface area contributed by atoms with Crippen molar-refractivity contribution in [3.63, 3.8) is 0 Å². The summed E-state index contributed by atoms with van der Waals surface area (Å²) in [5.74, 6) is 0.293. The number of nitrogens with zero attached hydrogens (tertiary/aromatic N) is 1. The molecule has 1 heterocycles. The van der Waals surface area contributed by atoms with Crippen LogP contribution >= 0.6 is 0 Å². The topological polar surface area (TPSA) is 50.9 Å². The number of benzene rings is 1. The Morgan fingerprint density at radius 2 is 2.17 bits per heavy atom. The second kappa shape index (κ2) is 5.60. The van der Waals surface area contributed by atoms with Crippen LogP contribution in [0.2, 0.25) is 0 Å². The van der Waals surface area contributed by atoms with Crippen molar-refractivity contribution in [1.82, 2.24) is 10.3 Å². The van der Waals surface area contributed by atoms with Gasteiger partial charge in [-0.25, -0.2) is 9.37 Å². The van der Waals surface area contributed by atoms with Gasteiger partial charge < -0.3 is 11.1 Å². The molecule has 3 N–H and O–H groups in total. The summed E-state index contributed by atoms with van der Waals surface area (Å²) < 4.78 is 13.2. The molecule has 0 saturated heterocycles. The van der Waals surface area contributed by atoms with Gasteiger partial charge in [0.1, 0.15) is 11.6 Å². The Morgan fingerprint density at radius 1 is 1.33 bits per heavy atom. The minimum Gasteiger partial charge on any atom is -0.383 e. The van der Waals surface area contributed by atoms with Crippen molar-refractivity contribution in [2.75, 3.05) is 12.8 Å². The fraction of sp³-hybridized carbons (Fsp3) is 0.214. The second-order valence-electron chi connectivity index (χ2n) is 4.15. The van der Waals surface area contributed by atoms with Gasteiger partial charge >= 0.3 is 0 Å². The van der Waals surface area contributed by atoms with Crippen molar-refractivity contribution in [3.05, 3.63) is 59.5 Å². The molecule has 0 aliphatic heterocycles. The van der Waals surface area contributed by atoms with Gasteiger partial charge in [-0.15, -0.1) is 0 Å². The number of anilines is 1. The Morgan fingerprint density at radius 3 is 2.83 bits per heavy atom. The van der Waals surface area contributed by atoms with E-state index in [2.05, 4.69) is 10.3 Å². The van der Waals surface area contributed by atoms with Crippen LogP contribution < -0.4 is 11.1 Å². The zero-order valence-electron chi connectivity index (χ0n) is 10.2. The summed E-state index contributed by atoms with van der Waals surface area (Å²) >= 11 is 0. The van der Waals surface area contributed by atoms with E-state index in [9.17, 15) is 4.39 Å². The van der Waals surface area contributed by atoms with Crippen LogP contribution in [0.4, 0.5) is 10.2 Å². The Kier molecular flexibility index (Phi) is 3.89. The lowest BCUT2D eigenvalue weighted by atomic mass is 9.99. The monoisotopic (exact) mass is 245 g/mol. The highest BCUT2D eigenvalue weighted by Crippen LogP contribution is 2.21. The van der Waals surface area contributed by atoms with Crippen LogP contribution in [0, 0.1) is 5.82 Å². The first-order valence-corrected chi connectivity index (χ1v) is 5.83. The molecule has 1 aromatic heterocycles. The van der Waals surface area contributed by atoms with Crippen LogP contribution in [0.15, 0.2) is 42.6 Å². The molecule has 0 amide bonds. The molecule has 0 aliphatic rings. The summed E-state index contributed by atoms with van der Waals surface area (Å²) in [5, 5.41) is 3.17. The molecular weight excluding hydrogens is 229 g/mol. The number of hydrogen-bond acceptors (Lipinski definition) is 3. The summed E-state index contributed by atoms with van der Waals surface area (Å²) in [5.41, 5.74) is 7.68. The summed E-state index contributed by atoms with van der Waals surface area (Å²) in [6, 6.07) is 10.4. The number of nitrogens with one attached hydrogen (secondary N) is 1. The van der Waals surface area contributed by atoms with Crippen molar-refractivity contribution in [1.29, 1.82) is 0 Å². The molecule has 1 unspecified atom stereocenters. The summed E-state index contributed by atoms with van der Waals surface area (Å²) in [6.45, 7) is 0. The highest BCUT2D eigenvalue weighted by Gasteiger charge is 2.12. The van der Waals surface area contributed by atoms with Gasteiger partial charge in [-0.1, -0.05) is 18.2 Å². The van der Waals surface area contributed by atoms with Crippen LogP contribution in [0.3, 0.4) is 0 Å². The highest BCUT2D eigenvalue weighted by molar-refractivity contribution is 5.39. The second-order valence-corrected chi connectivity index (χ2v) is 4.15. The zero-order chi connectivity index (χ0) is 13.0. The van der Waals surface area contributed by atoms with E-state index in [4.69, 9.17) is 5.73 Å². The SMILES string of the molecule is CNC(Cc1cccnc1N)c1cccc(F)c1. The Labute approximate surface area is 106 Å². The van der Waals surface area contributed by atoms with Gasteiger partial charge in [-0.3, -0.25) is 0 Å². The van der Waals surface area contributed by atoms with Gasteiger partial charge in [0.15, 0.2) is 0 Å². The summed E-state index contributed by atoms with van der Waals surface area (Å²) in [4.78, 5) is 4.05. The fourth-order valence-corrected chi connectivity index (χ4v) is 1.95. The van der Waals surface area contributed by atoms with Crippen molar-refractivity contribution in [2.24, 2.45) is 0 Å². The van der Waals surface area contributed by atoms with Crippen LogP contribution in [0.1, 0.15) is 17.2 Å². The normalized spacial score (nSPS) is 12.3. The van der Waals surface area contributed by atoms with E-state index >= 15 is 0 Å². The smallest absolute Gasteiger partial charge is 0.126 e. The maximum absolute atomic E-state index is 13.2. The Hall–Kier alpha value is -1.94. The third-order valence-corrected chi connectivity index (χ3v) is 2.95. The van der Waals surface area contributed by atoms with Crippen molar-refractivity contribution >= 4 is 5.82 Å². The quantitative estimate of drug-likeness (QED) is 0.869. The van der Waals surface area contributed by atoms with E-state index in [1.165, 1.54) is 12.1 Å². The van der Waals surface area contributed by atoms with Gasteiger partial charge in [0, 0.05) is 12.2 Å². The predicted molar refractivity (Wildman–Crippen MR) is 70.6 cm³/mol. The first-order valence-electron chi connectivity index (χ1n) is 5.83. The van der Waals surface area contributed by atoms with Crippen LogP contribution in [0.25, 0.3) is 0 Å². The molecule has 0 spiro atoms. The highest BCUT2D eigenvalue weighted by atomic mass is 19.1. The molecule has 0 aliphatic carbocycles. The first kappa shape index (κ1) is 12.5. The van der Waals surface area contributed by atoms with Gasteiger partial charge in [0.25, 0.3) is 0 Å². The lowest BCUT2D eigenvalue weighted by Gasteiger charge is -2.17. The van der Waals surface area contributed by atoms with E-state index in [1.54, 1.807) is 12.3 Å². The molecule has 1 atom stereocenters. The number of hydrogen-bond donors (Lipinski definition) is 2. The number of pyridine rings is 1. The number of halogens is 1. The van der Waals surface area contributed by atoms with Crippen LogP contribution in [-0.4, -0.2) is 12.0 Å². The van der Waals surface area contributed by atoms with Gasteiger partial charge in [0.05, 0.1) is 0 Å². The van der Waals surface area contributed by atoms with Gasteiger partial charge in [0.2, 0.25) is 0 Å². The molecule has 0 fully saturated rings. The molecule has 1 aromatic carbocycles. The van der Waals surface area contributed by atoms with E-state index in [1.807, 2.05) is 25.2 Å². The molecule has 0 bridgehead atoms. The molecule has 2 aromatic rings. The summed E-state index contributed by atoms with van der Waals surface area (Å²) in [7, 11) is 1.85. The predicted octanol–water partition coefficient (Wildman–Crippen LogP) is 2.31. The largest absolute Gasteiger partial charge is 0.383 e. The van der Waals surface area contributed by atoms with Crippen LogP contribution in [-0.2, 0) is 6.42 Å². The molecular formula is C14H16FN3. The average molecular weight is 245 g/mol. The lowest BCUT2D eigenvalue weighted by molar-refractivity contribution is 0.577. The molecule has 18 heavy (non-hydrogen) atoms. The van der Waals surface area contributed by atoms with Crippen molar-refractivity contribution in [3.8, 4) is 0 Å². The standard InChI is InChI=1S/C14H16FN3/c1-17-13(10-4-2-6-12(15)8-10)9-11-5-3-7-18-14(11)16/h2-8,13,17H,9H2,1H3,(H2,16,18). The third kappa shape index (κ3) is 2.84. The maximum atomic E-state index is 13.2. The van der Waals surface area contributed by atoms with E-state index in [-0.39, 0.29) is 11.9 Å². The zero-order valence-corrected chi connectivity index (χ0v) is 10.2. The minimum absolute atomic E-state index is 0.0206. The summed E-state index contributed by atoms with van der Waals surface area (Å²) in [6.07, 6.45) is 2.34. The molecule has 0 saturated carbocycles. The average Bonchev–Trinajstić information content (AvgIpc) is 2.38. The molecule has 4 heteroatoms. The number of likely N-dealkylation sites (N-methyl/N-ethyl adjacent to an activating group) is 1. The van der Waals surface area contributed by atoms with Crippen LogP contribution in [0.5, 0.6) is 0 Å². The van der Waals surface area contributed by atoms with Crippen molar-refractivity contribution in [2.45, 2.75) is 12.5 Å². The molecule has 94 valence electrons. The number of nitrogen functional groups attached to an aromatic ring is 1. The van der Waals surface area contributed by atoms with Crippen molar-refractivity contribution < 1.29 is 4.39 Å². The fourth-order valence-electron chi connectivity index (χ4n) is 1.95. The molecule has 2 rings (SSSR count). The number of rotatable bonds is 4. The maximum Gasteiger partial charge on any atom is 0.126 e. The number of nitrogens with two attached hydrogens (primary N) is 1. The third-order valence-electron chi connectivity index (χ3n) is 2.95. The van der Waals surface area contributed by atoms with E-state index in [0.29, 0.717) is 12.2 Å². The Balaban J connectivity index is 2.23. The minimum atomic E-state index is -0.230. The molecule has 3 nitrogen and oxygen atoms in total. The lowest BCUT2D eigenvalue weighted by Crippen LogP contribution is -2.19. The Bertz CT molecular complexity index is 528. The van der Waals surface area contributed by atoms with Gasteiger partial charge in [-0.05, 0) is 42.8 Å². The van der Waals surface area contributed by atoms with E-state index in [0.717, 1.165) is 11.1 Å².